The number of methoxy groups -OCH3 is 1. The van der Waals surface area contributed by atoms with Crippen LogP contribution in [0.1, 0.15) is 98.8 Å². The molecule has 20 nitrogen and oxygen atoms in total. The van der Waals surface area contributed by atoms with Crippen LogP contribution >= 0.6 is 0 Å². The summed E-state index contributed by atoms with van der Waals surface area (Å²) in [4.78, 5) is 90.3. The minimum Gasteiger partial charge on any atom is -0.493 e. The highest BCUT2D eigenvalue weighted by Gasteiger charge is 2.34. The number of carbonyl (C=O) groups is 6. The van der Waals surface area contributed by atoms with Crippen molar-refractivity contribution in [2.75, 3.05) is 49.4 Å². The van der Waals surface area contributed by atoms with Gasteiger partial charge in [-0.2, -0.15) is 0 Å². The Morgan fingerprint density at radius 2 is 1.55 bits per heavy atom. The third-order valence-electron chi connectivity index (χ3n) is 11.9. The molecule has 2 aliphatic heterocycles. The van der Waals surface area contributed by atoms with E-state index in [0.29, 0.717) is 95.2 Å². The van der Waals surface area contributed by atoms with Crippen molar-refractivity contribution in [2.24, 2.45) is 26.1 Å². The molecule has 0 radical (unpaired) electrons. The number of aromatic nitrogens is 5. The normalized spacial score (nSPS) is 14.2. The number of nitrogens with zero attached hydrogens (tertiary/aromatic N) is 7. The molecule has 0 unspecified atom stereocenters. The molecule has 4 aromatic heterocycles. The fourth-order valence-electron chi connectivity index (χ4n) is 8.39. The van der Waals surface area contributed by atoms with Gasteiger partial charge in [-0.15, -0.1) is 0 Å². The van der Waals surface area contributed by atoms with Crippen molar-refractivity contribution in [3.8, 4) is 11.5 Å². The Balaban J connectivity index is 0.816. The molecule has 6 aromatic rings. The van der Waals surface area contributed by atoms with Crippen molar-refractivity contribution in [2.45, 2.75) is 58.1 Å². The number of amides is 5. The highest BCUT2D eigenvalue weighted by Crippen LogP contribution is 2.38. The zero-order valence-corrected chi connectivity index (χ0v) is 40.8. The summed E-state index contributed by atoms with van der Waals surface area (Å²) in [5, 5.41) is 11.9. The summed E-state index contributed by atoms with van der Waals surface area (Å²) >= 11 is 0. The number of benzene rings is 2. The lowest BCUT2D eigenvalue weighted by Crippen LogP contribution is -2.35. The van der Waals surface area contributed by atoms with Gasteiger partial charge in [-0.1, -0.05) is 12.2 Å². The molecule has 4 N–H and O–H groups in total. The Labute approximate surface area is 409 Å². The molecular weight excluding hydrogens is 911 g/mol. The predicted octanol–water partition coefficient (Wildman–Crippen LogP) is 6.47. The first-order valence-electron chi connectivity index (χ1n) is 23.1. The van der Waals surface area contributed by atoms with Crippen molar-refractivity contribution in [3.05, 3.63) is 114 Å². The van der Waals surface area contributed by atoms with Crippen molar-refractivity contribution in [1.82, 2.24) is 33.5 Å². The summed E-state index contributed by atoms with van der Waals surface area (Å²) in [6.45, 7) is 11.6. The van der Waals surface area contributed by atoms with E-state index in [0.717, 1.165) is 5.57 Å². The van der Waals surface area contributed by atoms with E-state index < -0.39 is 11.8 Å². The van der Waals surface area contributed by atoms with Crippen molar-refractivity contribution < 1.29 is 43.0 Å². The number of rotatable bonds is 17. The topological polar surface area (TPSA) is 226 Å². The van der Waals surface area contributed by atoms with E-state index in [4.69, 9.17) is 14.2 Å². The average Bonchev–Trinajstić information content (AvgIpc) is 4.15. The Kier molecular flexibility index (Phi) is 14.1. The van der Waals surface area contributed by atoms with E-state index in [1.54, 1.807) is 102 Å². The lowest BCUT2D eigenvalue weighted by Gasteiger charge is -2.20. The Bertz CT molecular complexity index is 3130. The number of hydrogen-bond donors (Lipinski definition) is 4. The highest BCUT2D eigenvalue weighted by molar-refractivity contribution is 6.08. The van der Waals surface area contributed by atoms with Gasteiger partial charge in [-0.3, -0.25) is 38.3 Å². The van der Waals surface area contributed by atoms with Crippen LogP contribution < -0.4 is 30.7 Å². The lowest BCUT2D eigenvalue weighted by molar-refractivity contribution is -0.116. The number of anilines is 3. The fourth-order valence-corrected chi connectivity index (χ4v) is 8.39. The van der Waals surface area contributed by atoms with Crippen LogP contribution in [0.25, 0.3) is 10.9 Å². The third kappa shape index (κ3) is 11.1. The highest BCUT2D eigenvalue weighted by atomic mass is 16.5. The standard InChI is InChI=1S/C51H57N11O9/c1-30-19-35-25-53-37-24-42(41(69-8)23-36(37)49(67)62(35)26-30)70-17-9-11-44(63)56-43-29-60(7)45(57-43)48(66)55-33-21-39(58(5)27-33)47(65)54-34-22-40(59(6)28-34)50(68)61-16-14-31-20-32(12-13-38(31)61)46(64)52-15-10-18-71-51(2,3)4/h12-14,16,20-25,27-29,35H,1,9-11,15,17-19,26H2,2-8H3,(H,52,64)(H,54,65)(H,55,66)(H,56,63)/t35-/m0/s1. The summed E-state index contributed by atoms with van der Waals surface area (Å²) in [5.74, 6) is -1.17. The van der Waals surface area contributed by atoms with E-state index in [1.165, 1.54) is 28.5 Å². The molecule has 370 valence electrons. The molecule has 0 saturated carbocycles. The fraction of sp³-hybridized carbons (Fsp3) is 0.333. The maximum atomic E-state index is 13.8. The van der Waals surface area contributed by atoms with E-state index >= 15 is 0 Å². The molecule has 2 aliphatic rings. The van der Waals surface area contributed by atoms with Gasteiger partial charge in [0.25, 0.3) is 29.5 Å². The number of hydrogen-bond acceptors (Lipinski definition) is 11. The summed E-state index contributed by atoms with van der Waals surface area (Å²) in [7, 11) is 6.45. The van der Waals surface area contributed by atoms with Crippen LogP contribution in [-0.4, -0.2) is 115 Å². The van der Waals surface area contributed by atoms with E-state index in [2.05, 4.69) is 37.8 Å². The van der Waals surface area contributed by atoms with Crippen LogP contribution in [0.4, 0.5) is 22.9 Å². The number of ether oxygens (including phenoxy) is 3. The Hall–Kier alpha value is -8.26. The molecule has 8 rings (SSSR count). The number of fused-ring (bicyclic) bond motifs is 3. The molecule has 0 bridgehead atoms. The van der Waals surface area contributed by atoms with Crippen LogP contribution in [0.5, 0.6) is 11.5 Å². The largest absolute Gasteiger partial charge is 0.493 e. The van der Waals surface area contributed by atoms with Crippen molar-refractivity contribution in [1.29, 1.82) is 0 Å². The summed E-state index contributed by atoms with van der Waals surface area (Å²) < 4.78 is 23.3. The van der Waals surface area contributed by atoms with Gasteiger partial charge in [-0.05, 0) is 82.5 Å². The Morgan fingerprint density at radius 1 is 0.817 bits per heavy atom. The molecule has 1 atom stereocenters. The summed E-state index contributed by atoms with van der Waals surface area (Å²) in [5.41, 5.74) is 3.93. The molecule has 5 amide bonds. The summed E-state index contributed by atoms with van der Waals surface area (Å²) in [6, 6.07) is 13.1. The number of aliphatic imine (C=N–C) groups is 1. The van der Waals surface area contributed by atoms with Crippen LogP contribution in [0.15, 0.2) is 90.5 Å². The predicted molar refractivity (Wildman–Crippen MR) is 267 cm³/mol. The van der Waals surface area contributed by atoms with Gasteiger partial charge < -0.3 is 54.1 Å². The van der Waals surface area contributed by atoms with E-state index in [9.17, 15) is 28.8 Å². The number of aryl methyl sites for hydroxylation is 3. The molecule has 1 fully saturated rings. The SMILES string of the molecule is C=C1C[C@H]2C=Nc3cc(OCCCC(=O)Nc4cn(C)c(C(=O)Nc5cc(C(=O)Nc6cc(C(=O)n7ccc8cc(C(=O)NCCCOC(C)(C)C)ccc87)n(C)c6)n(C)c5)n4)c(OC)cc3C(=O)N2C1. The van der Waals surface area contributed by atoms with Gasteiger partial charge in [0.05, 0.1) is 53.5 Å². The van der Waals surface area contributed by atoms with Crippen LogP contribution in [0.2, 0.25) is 0 Å². The molecule has 2 aromatic carbocycles. The second kappa shape index (κ2) is 20.4. The number of imidazole rings is 1. The quantitative estimate of drug-likeness (QED) is 0.0575. The number of carbonyl (C=O) groups excluding carboxylic acids is 6. The summed E-state index contributed by atoms with van der Waals surface area (Å²) in [6.07, 6.45) is 9.87. The Morgan fingerprint density at radius 3 is 2.30 bits per heavy atom. The molecule has 0 spiro atoms. The molecule has 6 heterocycles. The average molecular weight is 968 g/mol. The first-order valence-corrected chi connectivity index (χ1v) is 23.1. The van der Waals surface area contributed by atoms with Gasteiger partial charge >= 0.3 is 0 Å². The minimum atomic E-state index is -0.577. The van der Waals surface area contributed by atoms with Crippen molar-refractivity contribution in [3.63, 3.8) is 0 Å². The number of nitrogens with one attached hydrogen (secondary N) is 4. The lowest BCUT2D eigenvalue weighted by atomic mass is 10.1. The maximum absolute atomic E-state index is 13.8. The smallest absolute Gasteiger partial charge is 0.291 e. The minimum absolute atomic E-state index is 0.0107. The van der Waals surface area contributed by atoms with Gasteiger partial charge in [0.15, 0.2) is 17.3 Å². The molecular formula is C51H57N11O9. The van der Waals surface area contributed by atoms with E-state index in [1.807, 2.05) is 20.8 Å². The molecule has 71 heavy (non-hydrogen) atoms. The third-order valence-corrected chi connectivity index (χ3v) is 11.9. The van der Waals surface area contributed by atoms with Crippen LogP contribution in [0.3, 0.4) is 0 Å². The second-order valence-corrected chi connectivity index (χ2v) is 18.5. The molecule has 1 saturated heterocycles. The van der Waals surface area contributed by atoms with Gasteiger partial charge in [0.1, 0.15) is 11.4 Å². The van der Waals surface area contributed by atoms with Crippen LogP contribution in [-0.2, 0) is 30.7 Å². The van der Waals surface area contributed by atoms with Crippen molar-refractivity contribution >= 4 is 75.4 Å². The maximum Gasteiger partial charge on any atom is 0.291 e. The van der Waals surface area contributed by atoms with E-state index in [-0.39, 0.29) is 65.6 Å². The van der Waals surface area contributed by atoms with Gasteiger partial charge in [0, 0.05) is 95.3 Å². The monoisotopic (exact) mass is 967 g/mol. The molecule has 20 heteroatoms. The van der Waals surface area contributed by atoms with Crippen LogP contribution in [0, 0.1) is 0 Å². The zero-order valence-electron chi connectivity index (χ0n) is 40.8. The molecule has 0 aliphatic carbocycles. The van der Waals surface area contributed by atoms with Gasteiger partial charge in [0.2, 0.25) is 11.7 Å². The zero-order chi connectivity index (χ0) is 50.7. The first kappa shape index (κ1) is 49.2. The second-order valence-electron chi connectivity index (χ2n) is 18.5. The first-order chi connectivity index (χ1) is 33.8. The van der Waals surface area contributed by atoms with Gasteiger partial charge in [-0.25, -0.2) is 4.98 Å².